The van der Waals surface area contributed by atoms with E-state index in [1.165, 1.54) is 4.88 Å². The van der Waals surface area contributed by atoms with E-state index in [1.54, 1.807) is 40.2 Å². The number of aromatic nitrogens is 1. The highest BCUT2D eigenvalue weighted by Gasteiger charge is 2.24. The fourth-order valence-electron chi connectivity index (χ4n) is 2.94. The van der Waals surface area contributed by atoms with Crippen LogP contribution in [-0.2, 0) is 29.4 Å². The Balaban J connectivity index is 1.84. The van der Waals surface area contributed by atoms with Crippen LogP contribution >= 0.6 is 11.3 Å². The lowest BCUT2D eigenvalue weighted by atomic mass is 10.1. The lowest BCUT2D eigenvalue weighted by molar-refractivity contribution is 0.410. The van der Waals surface area contributed by atoms with Crippen molar-refractivity contribution in [1.82, 2.24) is 9.29 Å². The van der Waals surface area contributed by atoms with E-state index in [4.69, 9.17) is 0 Å². The number of nitrogens with zero attached hydrogens (tertiary/aromatic N) is 2. The van der Waals surface area contributed by atoms with Crippen molar-refractivity contribution in [2.75, 3.05) is 6.54 Å². The quantitative estimate of drug-likeness (QED) is 0.530. The van der Waals surface area contributed by atoms with Crippen molar-refractivity contribution < 1.29 is 8.42 Å². The fourth-order valence-corrected chi connectivity index (χ4v) is 5.06. The van der Waals surface area contributed by atoms with Gasteiger partial charge in [0, 0.05) is 30.4 Å². The van der Waals surface area contributed by atoms with Gasteiger partial charge in [-0.15, -0.1) is 11.3 Å². The van der Waals surface area contributed by atoms with Gasteiger partial charge in [-0.2, -0.15) is 4.31 Å². The van der Waals surface area contributed by atoms with Gasteiger partial charge in [-0.25, -0.2) is 8.42 Å². The number of sulfonamides is 1. The zero-order valence-corrected chi connectivity index (χ0v) is 17.0. The third-order valence-corrected chi connectivity index (χ3v) is 7.16. The second-order valence-corrected chi connectivity index (χ2v) is 9.39. The largest absolute Gasteiger partial charge is 0.264 e. The summed E-state index contributed by atoms with van der Waals surface area (Å²) in [6, 6.07) is 15.1. The van der Waals surface area contributed by atoms with E-state index in [9.17, 15) is 8.42 Å². The molecule has 0 bridgehead atoms. The topological polar surface area (TPSA) is 50.3 Å². The molecule has 0 unspecified atom stereocenters. The van der Waals surface area contributed by atoms with Gasteiger partial charge in [-0.3, -0.25) is 4.98 Å². The number of hydrogen-bond donors (Lipinski definition) is 0. The molecule has 0 radical (unpaired) electrons. The molecule has 1 aromatic carbocycles. The van der Waals surface area contributed by atoms with Crippen LogP contribution in [-0.4, -0.2) is 24.3 Å². The summed E-state index contributed by atoms with van der Waals surface area (Å²) < 4.78 is 28.1. The maximum absolute atomic E-state index is 13.3. The summed E-state index contributed by atoms with van der Waals surface area (Å²) in [6.07, 6.45) is 6.11. The lowest BCUT2D eigenvalue weighted by Crippen LogP contribution is -2.32. The van der Waals surface area contributed by atoms with E-state index in [0.717, 1.165) is 24.0 Å². The van der Waals surface area contributed by atoms with Crippen molar-refractivity contribution in [3.05, 3.63) is 82.3 Å². The Morgan fingerprint density at radius 1 is 1.00 bits per heavy atom. The summed E-state index contributed by atoms with van der Waals surface area (Å²) in [5.41, 5.74) is 2.05. The molecular formula is C21H24N2O2S2. The van der Waals surface area contributed by atoms with Crippen LogP contribution in [0.4, 0.5) is 0 Å². The zero-order valence-electron chi connectivity index (χ0n) is 15.4. The zero-order chi connectivity index (χ0) is 19.1. The molecule has 0 amide bonds. The summed E-state index contributed by atoms with van der Waals surface area (Å²) in [4.78, 5) is 5.64. The Hall–Kier alpha value is -2.02. The summed E-state index contributed by atoms with van der Waals surface area (Å²) in [6.45, 7) is 2.87. The summed E-state index contributed by atoms with van der Waals surface area (Å²) in [7, 11) is -3.57. The first-order valence-electron chi connectivity index (χ1n) is 9.10. The van der Waals surface area contributed by atoms with Crippen LogP contribution in [0.2, 0.25) is 0 Å². The molecule has 0 fully saturated rings. The molecule has 3 aromatic rings. The number of pyridine rings is 1. The molecule has 2 aromatic heterocycles. The predicted octanol–water partition coefficient (Wildman–Crippen LogP) is 4.53. The van der Waals surface area contributed by atoms with Crippen molar-refractivity contribution >= 4 is 21.4 Å². The molecule has 0 spiro atoms. The van der Waals surface area contributed by atoms with Gasteiger partial charge in [-0.05, 0) is 53.6 Å². The molecule has 0 aliphatic rings. The minimum absolute atomic E-state index is 0.318. The number of rotatable bonds is 9. The van der Waals surface area contributed by atoms with Gasteiger partial charge >= 0.3 is 0 Å². The first-order valence-corrected chi connectivity index (χ1v) is 11.4. The van der Waals surface area contributed by atoms with Gasteiger partial charge in [0.2, 0.25) is 10.0 Å². The second kappa shape index (κ2) is 9.26. The number of thiophene rings is 1. The first-order chi connectivity index (χ1) is 13.1. The summed E-state index contributed by atoms with van der Waals surface area (Å²) >= 11 is 1.65. The van der Waals surface area contributed by atoms with E-state index in [0.29, 0.717) is 24.4 Å². The highest BCUT2D eigenvalue weighted by atomic mass is 32.2. The number of benzene rings is 1. The maximum Gasteiger partial charge on any atom is 0.243 e. The van der Waals surface area contributed by atoms with Gasteiger partial charge in [0.15, 0.2) is 0 Å². The minimum Gasteiger partial charge on any atom is -0.264 e. The standard InChI is InChI=1S/C21H24N2O2S2/c1-2-5-18-8-10-21(11-9-18)27(24,25)23(14-12-20-7-4-15-26-20)17-19-6-3-13-22-16-19/h3-4,6-11,13,15-16H,2,5,12,14,17H2,1H3. The molecule has 0 saturated carbocycles. The van der Waals surface area contributed by atoms with E-state index in [2.05, 4.69) is 11.9 Å². The van der Waals surface area contributed by atoms with Crippen molar-refractivity contribution in [3.63, 3.8) is 0 Å². The molecule has 0 saturated heterocycles. The van der Waals surface area contributed by atoms with Crippen molar-refractivity contribution in [1.29, 1.82) is 0 Å². The van der Waals surface area contributed by atoms with Crippen LogP contribution in [0.25, 0.3) is 0 Å². The third-order valence-electron chi connectivity index (χ3n) is 4.37. The van der Waals surface area contributed by atoms with Gasteiger partial charge in [0.25, 0.3) is 0 Å². The number of hydrogen-bond acceptors (Lipinski definition) is 4. The average molecular weight is 401 g/mol. The fraction of sp³-hybridized carbons (Fsp3) is 0.286. The Labute approximate surface area is 165 Å². The SMILES string of the molecule is CCCc1ccc(S(=O)(=O)N(CCc2cccs2)Cc2cccnc2)cc1. The van der Waals surface area contributed by atoms with Crippen LogP contribution < -0.4 is 0 Å². The molecule has 27 heavy (non-hydrogen) atoms. The summed E-state index contributed by atoms with van der Waals surface area (Å²) in [5, 5.41) is 2.02. The van der Waals surface area contributed by atoms with Gasteiger partial charge in [-0.1, -0.05) is 37.6 Å². The van der Waals surface area contributed by atoms with Crippen LogP contribution in [0.3, 0.4) is 0 Å². The van der Waals surface area contributed by atoms with Crippen LogP contribution in [0, 0.1) is 0 Å². The smallest absolute Gasteiger partial charge is 0.243 e. The second-order valence-electron chi connectivity index (χ2n) is 6.42. The Kier molecular flexibility index (Phi) is 6.77. The third kappa shape index (κ3) is 5.25. The van der Waals surface area contributed by atoms with Crippen LogP contribution in [0.5, 0.6) is 0 Å². The van der Waals surface area contributed by atoms with E-state index in [-0.39, 0.29) is 0 Å². The molecule has 3 rings (SSSR count). The Morgan fingerprint density at radius 2 is 1.81 bits per heavy atom. The van der Waals surface area contributed by atoms with Crippen LogP contribution in [0.15, 0.2) is 71.2 Å². The lowest BCUT2D eigenvalue weighted by Gasteiger charge is -2.22. The molecule has 2 heterocycles. The number of aryl methyl sites for hydroxylation is 1. The normalized spacial score (nSPS) is 11.8. The Bertz CT molecular complexity index is 922. The molecule has 0 atom stereocenters. The highest BCUT2D eigenvalue weighted by Crippen LogP contribution is 2.21. The van der Waals surface area contributed by atoms with Gasteiger partial charge in [0.05, 0.1) is 4.90 Å². The molecule has 0 aliphatic heterocycles. The monoisotopic (exact) mass is 400 g/mol. The molecule has 6 heteroatoms. The van der Waals surface area contributed by atoms with Crippen molar-refractivity contribution in [2.24, 2.45) is 0 Å². The molecule has 0 aliphatic carbocycles. The van der Waals surface area contributed by atoms with Crippen molar-refractivity contribution in [2.45, 2.75) is 37.6 Å². The van der Waals surface area contributed by atoms with Crippen molar-refractivity contribution in [3.8, 4) is 0 Å². The average Bonchev–Trinajstić information content (AvgIpc) is 3.20. The van der Waals surface area contributed by atoms with Gasteiger partial charge in [0.1, 0.15) is 0 Å². The van der Waals surface area contributed by atoms with Crippen LogP contribution in [0.1, 0.15) is 29.3 Å². The first kappa shape index (κ1) is 19.7. The molecule has 142 valence electrons. The Morgan fingerprint density at radius 3 is 2.44 bits per heavy atom. The molecular weight excluding hydrogens is 376 g/mol. The highest BCUT2D eigenvalue weighted by molar-refractivity contribution is 7.89. The van der Waals surface area contributed by atoms with E-state index >= 15 is 0 Å². The molecule has 0 N–H and O–H groups in total. The molecule has 4 nitrogen and oxygen atoms in total. The van der Waals surface area contributed by atoms with E-state index in [1.807, 2.05) is 41.8 Å². The minimum atomic E-state index is -3.57. The maximum atomic E-state index is 13.3. The summed E-state index contributed by atoms with van der Waals surface area (Å²) in [5.74, 6) is 0. The predicted molar refractivity (Wildman–Crippen MR) is 110 cm³/mol. The van der Waals surface area contributed by atoms with E-state index < -0.39 is 10.0 Å². The van der Waals surface area contributed by atoms with Gasteiger partial charge < -0.3 is 0 Å².